The number of rotatable bonds is 12. The number of ether oxygens (including phenoxy) is 2. The van der Waals surface area contributed by atoms with Gasteiger partial charge < -0.3 is 71.2 Å². The number of hydrogen-bond donors (Lipinski definition) is 12. The van der Waals surface area contributed by atoms with Crippen LogP contribution in [0.2, 0.25) is 0 Å². The molecule has 7 aromatic rings. The number of aliphatic imine (C=N–C) groups is 1. The van der Waals surface area contributed by atoms with Gasteiger partial charge in [0.05, 0.1) is 21.9 Å². The molecule has 91 heavy (non-hydrogen) atoms. The molecule has 0 saturated heterocycles. The summed E-state index contributed by atoms with van der Waals surface area (Å²) >= 11 is 0. The zero-order valence-corrected chi connectivity index (χ0v) is 53.1. The van der Waals surface area contributed by atoms with Gasteiger partial charge in [0.1, 0.15) is 35.5 Å². The summed E-state index contributed by atoms with van der Waals surface area (Å²) in [6.45, 7) is 27.1. The van der Waals surface area contributed by atoms with Crippen LogP contribution in [0.5, 0.6) is 57.5 Å². The predicted octanol–water partition coefficient (Wildman–Crippen LogP) is 10.9. The van der Waals surface area contributed by atoms with Gasteiger partial charge in [-0.15, -0.1) is 0 Å². The van der Waals surface area contributed by atoms with Crippen molar-refractivity contribution in [2.45, 2.75) is 122 Å². The van der Waals surface area contributed by atoms with E-state index in [-0.39, 0.29) is 107 Å². The van der Waals surface area contributed by atoms with E-state index in [1.165, 1.54) is 6.08 Å². The second kappa shape index (κ2) is 27.8. The number of nitrogens with one attached hydrogen (secondary N) is 2. The Hall–Kier alpha value is -10.6. The van der Waals surface area contributed by atoms with Crippen molar-refractivity contribution in [1.82, 2.24) is 10.6 Å². The Bertz CT molecular complexity index is 4430. The highest BCUT2D eigenvalue weighted by atomic mass is 16.5. The maximum absolute atomic E-state index is 13.4. The Morgan fingerprint density at radius 3 is 1.27 bits per heavy atom. The molecular weight excluding hydrogens is 1170 g/mol. The van der Waals surface area contributed by atoms with E-state index in [0.717, 1.165) is 12.5 Å². The van der Waals surface area contributed by atoms with Crippen LogP contribution in [0.3, 0.4) is 0 Å². The van der Waals surface area contributed by atoms with Gasteiger partial charge in [0, 0.05) is 85.2 Å². The maximum Gasteiger partial charge on any atom is 0.412 e. The van der Waals surface area contributed by atoms with Crippen LogP contribution in [0.15, 0.2) is 35.5 Å². The zero-order valence-electron chi connectivity index (χ0n) is 53.1. The Morgan fingerprint density at radius 2 is 0.890 bits per heavy atom. The number of allylic oxidation sites excluding steroid dienone is 1. The van der Waals surface area contributed by atoms with Gasteiger partial charge in [-0.2, -0.15) is 0 Å². The monoisotopic (exact) mass is 1250 g/mol. The second-order valence-corrected chi connectivity index (χ2v) is 22.9. The van der Waals surface area contributed by atoms with Gasteiger partial charge in [-0.1, -0.05) is 79.7 Å². The summed E-state index contributed by atoms with van der Waals surface area (Å²) in [5.74, 6) is -8.10. The topological polar surface area (TPSA) is 377 Å². The highest BCUT2D eigenvalue weighted by molar-refractivity contribution is 6.65. The number of alkyl carbamates (subject to hydrolysis) is 2. The van der Waals surface area contributed by atoms with E-state index < -0.39 is 87.2 Å². The molecule has 0 saturated carbocycles. The van der Waals surface area contributed by atoms with E-state index in [2.05, 4.69) is 15.6 Å². The first kappa shape index (κ1) is 69.5. The molecule has 22 heteroatoms. The average Bonchev–Trinajstić information content (AvgIpc) is 0.738. The quantitative estimate of drug-likeness (QED) is 0.0103. The number of carbonyl (C=O) groups is 6. The van der Waals surface area contributed by atoms with Gasteiger partial charge in [0.2, 0.25) is 17.6 Å². The molecule has 1 aliphatic rings. The van der Waals surface area contributed by atoms with E-state index in [0.29, 0.717) is 74.2 Å². The van der Waals surface area contributed by atoms with Crippen molar-refractivity contribution in [3.63, 3.8) is 0 Å². The van der Waals surface area contributed by atoms with Crippen LogP contribution in [-0.2, 0) is 23.9 Å². The molecule has 0 spiro atoms. The lowest BCUT2D eigenvalue weighted by Crippen LogP contribution is -2.34. The molecule has 0 heterocycles. The van der Waals surface area contributed by atoms with Crippen LogP contribution in [0.4, 0.5) is 9.59 Å². The molecular formula is C69H75N3O19. The Kier molecular flexibility index (Phi) is 21.3. The Morgan fingerprint density at radius 1 is 0.495 bits per heavy atom. The number of Topliss-reactive ketones (excluding diaryl/α,β-unsaturated/α-hetero) is 2. The first-order valence-corrected chi connectivity index (χ1v) is 29.2. The van der Waals surface area contributed by atoms with Crippen molar-refractivity contribution >= 4 is 92.1 Å². The number of aromatic hydroxyl groups is 10. The minimum atomic E-state index is -0.985. The number of ketones is 2. The van der Waals surface area contributed by atoms with Gasteiger partial charge >= 0.3 is 12.2 Å². The Balaban J connectivity index is 0.000000275. The molecule has 22 nitrogen and oxygen atoms in total. The first-order chi connectivity index (χ1) is 42.8. The number of phenolic OH excluding ortho intramolecular Hbond substituents is 10. The molecule has 0 aromatic heterocycles. The van der Waals surface area contributed by atoms with Crippen molar-refractivity contribution in [3.05, 3.63) is 107 Å². The normalized spacial score (nSPS) is 13.1. The van der Waals surface area contributed by atoms with Crippen molar-refractivity contribution < 1.29 is 94.1 Å². The molecule has 0 unspecified atom stereocenters. The SMILES string of the molecule is CCN=C=O.CCNC(=O)O/C=C1\C(=O)C(=O)C(C(C)C)=c2cc(C)c(=c3c(C)cc4c(C(C)C)c(O)c(O)/c(=C\OC(=O)NCC)c4c3O)c(O)c21.Cc1cc2c(C(C)C)c(O)c(O)c(C=O)c2c(O)c1-c1c(C)cc2c(C(C)C)c(O)c(O)c(C=O)c2c1O. The van der Waals surface area contributed by atoms with E-state index in [1.807, 2.05) is 0 Å². The van der Waals surface area contributed by atoms with Crippen LogP contribution in [0.1, 0.15) is 159 Å². The molecule has 0 radical (unpaired) electrons. The zero-order chi connectivity index (χ0) is 68.3. The molecule has 8 rings (SSSR count). The van der Waals surface area contributed by atoms with Crippen molar-refractivity contribution in [2.75, 3.05) is 19.6 Å². The Labute approximate surface area is 522 Å². The maximum atomic E-state index is 13.4. The molecule has 0 fully saturated rings. The number of hydrogen-bond acceptors (Lipinski definition) is 20. The summed E-state index contributed by atoms with van der Waals surface area (Å²) in [6.07, 6.45) is 2.11. The fraction of sp³-hybridized carbons (Fsp3) is 0.319. The molecule has 0 bridgehead atoms. The minimum Gasteiger partial charge on any atom is -0.507 e. The van der Waals surface area contributed by atoms with E-state index in [9.17, 15) is 79.8 Å². The molecule has 0 aliphatic heterocycles. The van der Waals surface area contributed by atoms with Gasteiger partial charge in [-0.25, -0.2) is 19.4 Å². The molecule has 2 amide bonds. The third-order valence-electron chi connectivity index (χ3n) is 15.6. The third-order valence-corrected chi connectivity index (χ3v) is 15.6. The summed E-state index contributed by atoms with van der Waals surface area (Å²) in [4.78, 5) is 87.3. The number of nitrogens with zero attached hydrogens (tertiary/aromatic N) is 1. The summed E-state index contributed by atoms with van der Waals surface area (Å²) in [6, 6.07) is 6.59. The lowest BCUT2D eigenvalue weighted by Gasteiger charge is -2.23. The largest absolute Gasteiger partial charge is 0.507 e. The lowest BCUT2D eigenvalue weighted by atomic mass is 9.81. The molecule has 1 aliphatic carbocycles. The van der Waals surface area contributed by atoms with Crippen molar-refractivity contribution in [2.24, 2.45) is 10.9 Å². The van der Waals surface area contributed by atoms with Gasteiger partial charge in [-0.05, 0) is 116 Å². The standard InChI is InChI=1S/C36H40N2O10.C30H30O8.C3H5NO/c1-9-37-35(45)47-13-21-27-19(23(15(3)4)33(43)29(21)39)11-17(7)25(31(27)41)26-18(8)12-20-24(16(5)6)34(44)30(40)22(28(20)32(26)42)14-48-36(46)38-10-2;1-11(2)19-15-7-13(5)21(27(35)23(15)17(9-31)25(33)29(19)37)22-14(6)8-16-20(12(3)4)30(38)26(34)18(10-32)24(16)28(22)36;1-2-4-3-5/h11-16,39,41-43H,9-10H2,1-8H3,(H,37,45)(H,38,46);7-12,33-38H,1-6H3;2H2,1H3/b21-13-,22-14-,26-25?;;. The predicted molar refractivity (Wildman–Crippen MR) is 343 cm³/mol. The highest BCUT2D eigenvalue weighted by Crippen LogP contribution is 2.54. The van der Waals surface area contributed by atoms with Crippen LogP contribution in [0.25, 0.3) is 60.9 Å². The number of fused-ring (bicyclic) bond motifs is 4. The summed E-state index contributed by atoms with van der Waals surface area (Å²) in [7, 11) is 0. The van der Waals surface area contributed by atoms with E-state index in [1.54, 1.807) is 128 Å². The summed E-state index contributed by atoms with van der Waals surface area (Å²) in [5, 5.41) is 118. The van der Waals surface area contributed by atoms with Gasteiger partial charge in [0.25, 0.3) is 0 Å². The number of isocyanates is 1. The number of carbonyl (C=O) groups excluding carboxylic acids is 7. The van der Waals surface area contributed by atoms with Crippen LogP contribution in [-0.4, -0.2) is 113 Å². The lowest BCUT2D eigenvalue weighted by molar-refractivity contribution is -0.130. The molecule has 480 valence electrons. The second-order valence-electron chi connectivity index (χ2n) is 22.9. The highest BCUT2D eigenvalue weighted by Gasteiger charge is 2.36. The summed E-state index contributed by atoms with van der Waals surface area (Å²) < 4.78 is 10.3. The number of amides is 2. The fourth-order valence-electron chi connectivity index (χ4n) is 11.8. The molecule has 0 atom stereocenters. The number of benzene rings is 7. The number of aryl methyl sites for hydroxylation is 4. The summed E-state index contributed by atoms with van der Waals surface area (Å²) in [5.41, 5.74) is 2.27. The number of aldehydes is 2. The van der Waals surface area contributed by atoms with Crippen molar-refractivity contribution in [3.8, 4) is 68.6 Å². The molecule has 12 N–H and O–H groups in total. The van der Waals surface area contributed by atoms with Gasteiger partial charge in [-0.3, -0.25) is 19.2 Å². The van der Waals surface area contributed by atoms with Crippen molar-refractivity contribution in [1.29, 1.82) is 0 Å². The minimum absolute atomic E-state index is 0.00512. The average molecular weight is 1250 g/mol. The molecule has 7 aromatic carbocycles. The van der Waals surface area contributed by atoms with E-state index >= 15 is 0 Å². The van der Waals surface area contributed by atoms with Crippen LogP contribution in [0, 0.1) is 44.1 Å². The third kappa shape index (κ3) is 12.5. The van der Waals surface area contributed by atoms with Crippen LogP contribution >= 0.6 is 0 Å². The smallest absolute Gasteiger partial charge is 0.412 e. The van der Waals surface area contributed by atoms with Gasteiger partial charge in [0.15, 0.2) is 47.1 Å². The van der Waals surface area contributed by atoms with E-state index in [4.69, 9.17) is 14.3 Å². The number of phenols is 10. The fourth-order valence-corrected chi connectivity index (χ4v) is 11.8. The van der Waals surface area contributed by atoms with Crippen LogP contribution < -0.4 is 21.1 Å². The first-order valence-electron chi connectivity index (χ1n) is 29.2.